The quantitative estimate of drug-likeness (QED) is 0.552. The van der Waals surface area contributed by atoms with E-state index in [9.17, 15) is 5.11 Å². The zero-order valence-electron chi connectivity index (χ0n) is 15.2. The summed E-state index contributed by atoms with van der Waals surface area (Å²) in [6, 6.07) is 0. The summed E-state index contributed by atoms with van der Waals surface area (Å²) < 4.78 is 6.30. The van der Waals surface area contributed by atoms with Gasteiger partial charge in [0.05, 0.1) is 5.60 Å². The molecule has 1 unspecified atom stereocenters. The highest BCUT2D eigenvalue weighted by atomic mass is 16.6. The molecule has 2 rings (SSSR count). The summed E-state index contributed by atoms with van der Waals surface area (Å²) in [4.78, 5) is 0. The van der Waals surface area contributed by atoms with Crippen LogP contribution in [0.25, 0.3) is 0 Å². The first-order valence-electron chi connectivity index (χ1n) is 9.26. The number of rotatable bonds is 4. The molecule has 0 spiro atoms. The smallest absolute Gasteiger partial charge is 0.177 e. The average Bonchev–Trinajstić information content (AvgIpc) is 2.47. The summed E-state index contributed by atoms with van der Waals surface area (Å²) in [5, 5.41) is 10.3. The lowest BCUT2D eigenvalue weighted by Gasteiger charge is -2.49. The van der Waals surface area contributed by atoms with Gasteiger partial charge in [0.2, 0.25) is 0 Å². The first-order valence-corrected chi connectivity index (χ1v) is 9.26. The van der Waals surface area contributed by atoms with E-state index in [4.69, 9.17) is 4.74 Å². The van der Waals surface area contributed by atoms with Crippen LogP contribution in [0.1, 0.15) is 85.5 Å². The molecule has 0 heterocycles. The second kappa shape index (κ2) is 7.05. The van der Waals surface area contributed by atoms with E-state index in [-0.39, 0.29) is 5.60 Å². The Labute approximate surface area is 137 Å². The molecule has 0 saturated heterocycles. The van der Waals surface area contributed by atoms with Gasteiger partial charge in [-0.25, -0.2) is 0 Å². The van der Waals surface area contributed by atoms with Gasteiger partial charge in [-0.3, -0.25) is 0 Å². The molecule has 2 aliphatic rings. The van der Waals surface area contributed by atoms with Crippen LogP contribution in [0.5, 0.6) is 0 Å². The van der Waals surface area contributed by atoms with E-state index in [1.165, 1.54) is 44.9 Å². The molecule has 1 atom stereocenters. The largest absolute Gasteiger partial charge is 0.364 e. The van der Waals surface area contributed by atoms with Crippen molar-refractivity contribution in [2.45, 2.75) is 97.4 Å². The summed E-state index contributed by atoms with van der Waals surface area (Å²) in [6.45, 7) is 12.8. The average molecular weight is 309 g/mol. The maximum absolute atomic E-state index is 10.3. The Morgan fingerprint density at radius 1 is 1.09 bits per heavy atom. The summed E-state index contributed by atoms with van der Waals surface area (Å²) >= 11 is 0. The van der Waals surface area contributed by atoms with Crippen LogP contribution in [0, 0.1) is 17.3 Å². The predicted molar refractivity (Wildman–Crippen MR) is 92.6 cm³/mol. The van der Waals surface area contributed by atoms with Crippen LogP contribution < -0.4 is 0 Å². The molecule has 0 aromatic rings. The first-order chi connectivity index (χ1) is 10.2. The highest BCUT2D eigenvalue weighted by Crippen LogP contribution is 2.49. The normalized spacial score (nSPS) is 32.7. The van der Waals surface area contributed by atoms with Crippen LogP contribution in [0.2, 0.25) is 0 Å². The molecule has 2 fully saturated rings. The van der Waals surface area contributed by atoms with Crippen molar-refractivity contribution in [3.63, 3.8) is 0 Å². The summed E-state index contributed by atoms with van der Waals surface area (Å²) in [5.74, 6) is 1.39. The van der Waals surface area contributed by atoms with Crippen molar-refractivity contribution in [1.29, 1.82) is 0 Å². The van der Waals surface area contributed by atoms with Crippen molar-refractivity contribution in [1.82, 2.24) is 0 Å². The Balaban J connectivity index is 2.11. The van der Waals surface area contributed by atoms with Crippen molar-refractivity contribution in [2.24, 2.45) is 17.3 Å². The van der Waals surface area contributed by atoms with E-state index in [0.717, 1.165) is 24.3 Å². The number of ether oxygens (including phenoxy) is 1. The lowest BCUT2D eigenvalue weighted by atomic mass is 9.63. The fraction of sp³-hybridized carbons (Fsp3) is 0.900. The standard InChI is InChI=1S/C20H36O2/c1-15(2)18(21)22-20(17-9-7-6-8-10-17)13-11-16(12-14-20)19(3,4)5/h16-18,21H,1,6-14H2,2-5H3. The minimum Gasteiger partial charge on any atom is -0.364 e. The number of aliphatic hydroxyl groups is 1. The molecule has 2 aliphatic carbocycles. The minimum absolute atomic E-state index is 0.111. The van der Waals surface area contributed by atoms with E-state index in [1.807, 2.05) is 6.92 Å². The molecule has 0 aromatic heterocycles. The van der Waals surface area contributed by atoms with Crippen LogP contribution >= 0.6 is 0 Å². The molecular weight excluding hydrogens is 272 g/mol. The molecular formula is C20H36O2. The third-order valence-corrected chi connectivity index (χ3v) is 6.17. The molecule has 0 radical (unpaired) electrons. The summed E-state index contributed by atoms with van der Waals surface area (Å²) in [6.07, 6.45) is 10.4. The fourth-order valence-electron chi connectivity index (χ4n) is 4.55. The van der Waals surface area contributed by atoms with Crippen molar-refractivity contribution < 1.29 is 9.84 Å². The highest BCUT2D eigenvalue weighted by Gasteiger charge is 2.46. The number of aliphatic hydroxyl groups excluding tert-OH is 1. The molecule has 2 heteroatoms. The Bertz CT molecular complexity index is 366. The van der Waals surface area contributed by atoms with E-state index < -0.39 is 6.29 Å². The van der Waals surface area contributed by atoms with Gasteiger partial charge in [0.15, 0.2) is 6.29 Å². The maximum atomic E-state index is 10.3. The molecule has 22 heavy (non-hydrogen) atoms. The molecule has 1 N–H and O–H groups in total. The molecule has 0 aromatic carbocycles. The first kappa shape index (κ1) is 18.0. The van der Waals surface area contributed by atoms with Gasteiger partial charge >= 0.3 is 0 Å². The molecule has 128 valence electrons. The Hall–Kier alpha value is -0.340. The van der Waals surface area contributed by atoms with Gasteiger partial charge in [-0.1, -0.05) is 46.6 Å². The van der Waals surface area contributed by atoms with Crippen LogP contribution in [0.4, 0.5) is 0 Å². The molecule has 0 aliphatic heterocycles. The zero-order valence-corrected chi connectivity index (χ0v) is 15.2. The van der Waals surface area contributed by atoms with E-state index in [0.29, 0.717) is 11.3 Å². The predicted octanol–water partition coefficient (Wildman–Crippen LogP) is 5.45. The minimum atomic E-state index is -0.798. The Morgan fingerprint density at radius 3 is 2.09 bits per heavy atom. The molecule has 0 bridgehead atoms. The van der Waals surface area contributed by atoms with Crippen molar-refractivity contribution in [3.05, 3.63) is 12.2 Å². The van der Waals surface area contributed by atoms with Gasteiger partial charge in [0.25, 0.3) is 0 Å². The van der Waals surface area contributed by atoms with E-state index in [1.54, 1.807) is 0 Å². The topological polar surface area (TPSA) is 29.5 Å². The third-order valence-electron chi connectivity index (χ3n) is 6.17. The van der Waals surface area contributed by atoms with Crippen LogP contribution in [-0.2, 0) is 4.74 Å². The van der Waals surface area contributed by atoms with Gasteiger partial charge in [0.1, 0.15) is 0 Å². The van der Waals surface area contributed by atoms with Crippen molar-refractivity contribution >= 4 is 0 Å². The maximum Gasteiger partial charge on any atom is 0.177 e. The molecule has 2 saturated carbocycles. The molecule has 0 amide bonds. The molecule has 2 nitrogen and oxygen atoms in total. The highest BCUT2D eigenvalue weighted by molar-refractivity contribution is 5.00. The van der Waals surface area contributed by atoms with Crippen LogP contribution in [-0.4, -0.2) is 17.0 Å². The summed E-state index contributed by atoms with van der Waals surface area (Å²) in [7, 11) is 0. The van der Waals surface area contributed by atoms with E-state index >= 15 is 0 Å². The summed E-state index contributed by atoms with van der Waals surface area (Å²) in [5.41, 5.74) is 1.000. The zero-order chi connectivity index (χ0) is 16.4. The number of hydrogen-bond acceptors (Lipinski definition) is 2. The van der Waals surface area contributed by atoms with Gasteiger partial charge in [0, 0.05) is 0 Å². The van der Waals surface area contributed by atoms with E-state index in [2.05, 4.69) is 27.4 Å². The van der Waals surface area contributed by atoms with Crippen LogP contribution in [0.15, 0.2) is 12.2 Å². The lowest BCUT2D eigenvalue weighted by molar-refractivity contribution is -0.211. The van der Waals surface area contributed by atoms with Crippen LogP contribution in [0.3, 0.4) is 0 Å². The van der Waals surface area contributed by atoms with Gasteiger partial charge in [-0.2, -0.15) is 0 Å². The second-order valence-corrected chi connectivity index (χ2v) is 8.86. The number of hydrogen-bond donors (Lipinski definition) is 1. The monoisotopic (exact) mass is 308 g/mol. The SMILES string of the molecule is C=C(C)C(O)OC1(C2CCCCC2)CCC(C(C)(C)C)CC1. The fourth-order valence-corrected chi connectivity index (χ4v) is 4.55. The third kappa shape index (κ3) is 4.14. The van der Waals surface area contributed by atoms with Gasteiger partial charge in [-0.05, 0) is 68.3 Å². The van der Waals surface area contributed by atoms with Crippen molar-refractivity contribution in [2.75, 3.05) is 0 Å². The van der Waals surface area contributed by atoms with Crippen molar-refractivity contribution in [3.8, 4) is 0 Å². The Morgan fingerprint density at radius 2 is 1.64 bits per heavy atom. The lowest BCUT2D eigenvalue weighted by Crippen LogP contribution is -2.48. The second-order valence-electron chi connectivity index (χ2n) is 8.86. The van der Waals surface area contributed by atoms with Gasteiger partial charge in [-0.15, -0.1) is 0 Å². The Kier molecular flexibility index (Phi) is 5.77. The van der Waals surface area contributed by atoms with Gasteiger partial charge < -0.3 is 9.84 Å².